The number of rotatable bonds is 5. The van der Waals surface area contributed by atoms with Crippen LogP contribution in [-0.4, -0.2) is 13.4 Å². The summed E-state index contributed by atoms with van der Waals surface area (Å²) in [5, 5.41) is 0. The predicted molar refractivity (Wildman–Crippen MR) is 61.5 cm³/mol. The fourth-order valence-electron chi connectivity index (χ4n) is 2.55. The molecule has 0 saturated heterocycles. The fourth-order valence-corrected chi connectivity index (χ4v) is 2.55. The maximum absolute atomic E-state index is 10.9. The molecule has 0 bridgehead atoms. The van der Waals surface area contributed by atoms with Crippen LogP contribution in [0.5, 0.6) is 0 Å². The maximum Gasteiger partial charge on any atom is 0.149 e. The lowest BCUT2D eigenvalue weighted by Gasteiger charge is -2.28. The molecule has 0 amide bonds. The fraction of sp³-hybridized carbons (Fsp3) is 0.769. The average Bonchev–Trinajstić information content (AvgIpc) is 2.28. The molecular weight excluding hydrogens is 188 g/mol. The van der Waals surface area contributed by atoms with Gasteiger partial charge in [0.1, 0.15) is 6.29 Å². The first kappa shape index (κ1) is 12.3. The van der Waals surface area contributed by atoms with Crippen molar-refractivity contribution in [2.24, 2.45) is 11.8 Å². The zero-order chi connectivity index (χ0) is 11.1. The van der Waals surface area contributed by atoms with Crippen molar-refractivity contribution in [2.45, 2.75) is 45.4 Å². The first-order valence-corrected chi connectivity index (χ1v) is 5.99. The highest BCUT2D eigenvalue weighted by Crippen LogP contribution is 2.34. The Morgan fingerprint density at radius 3 is 2.47 bits per heavy atom. The third-order valence-electron chi connectivity index (χ3n) is 3.41. The van der Waals surface area contributed by atoms with Crippen molar-refractivity contribution in [3.63, 3.8) is 0 Å². The highest BCUT2D eigenvalue weighted by Gasteiger charge is 2.23. The summed E-state index contributed by atoms with van der Waals surface area (Å²) >= 11 is 0. The summed E-state index contributed by atoms with van der Waals surface area (Å²) in [5.74, 6) is 1.33. The molecule has 0 aromatic heterocycles. The Bertz CT molecular complexity index is 213. The second-order valence-corrected chi connectivity index (χ2v) is 4.48. The molecule has 1 fully saturated rings. The molecule has 0 radical (unpaired) electrons. The molecule has 86 valence electrons. The zero-order valence-corrected chi connectivity index (χ0v) is 9.87. The van der Waals surface area contributed by atoms with Gasteiger partial charge in [0.05, 0.1) is 13.4 Å². The van der Waals surface area contributed by atoms with Crippen LogP contribution in [0.2, 0.25) is 0 Å². The molecule has 1 rings (SSSR count). The van der Waals surface area contributed by atoms with Gasteiger partial charge in [-0.05, 0) is 37.5 Å². The molecular formula is C13H22O2. The quantitative estimate of drug-likeness (QED) is 0.395. The Kier molecular flexibility index (Phi) is 5.44. The van der Waals surface area contributed by atoms with E-state index in [2.05, 4.69) is 6.92 Å². The third-order valence-corrected chi connectivity index (χ3v) is 3.41. The van der Waals surface area contributed by atoms with Crippen LogP contribution in [0.15, 0.2) is 11.8 Å². The minimum Gasteiger partial charge on any atom is -0.504 e. The molecule has 1 aliphatic carbocycles. The van der Waals surface area contributed by atoms with Crippen molar-refractivity contribution in [1.82, 2.24) is 0 Å². The number of hydrogen-bond donors (Lipinski definition) is 0. The van der Waals surface area contributed by atoms with Gasteiger partial charge in [-0.15, -0.1) is 0 Å². The number of methoxy groups -OCH3 is 1. The van der Waals surface area contributed by atoms with E-state index in [9.17, 15) is 4.79 Å². The van der Waals surface area contributed by atoms with E-state index in [4.69, 9.17) is 4.74 Å². The van der Waals surface area contributed by atoms with Crippen molar-refractivity contribution in [3.05, 3.63) is 11.8 Å². The van der Waals surface area contributed by atoms with Gasteiger partial charge in [0.2, 0.25) is 0 Å². The molecule has 1 aliphatic rings. The van der Waals surface area contributed by atoms with Crippen LogP contribution in [0.25, 0.3) is 0 Å². The Hall–Kier alpha value is -0.790. The topological polar surface area (TPSA) is 26.3 Å². The van der Waals surface area contributed by atoms with E-state index in [1.54, 1.807) is 13.4 Å². The highest BCUT2D eigenvalue weighted by molar-refractivity contribution is 5.73. The Labute approximate surface area is 92.7 Å². The second kappa shape index (κ2) is 6.65. The molecule has 0 unspecified atom stereocenters. The van der Waals surface area contributed by atoms with E-state index in [-0.39, 0.29) is 0 Å². The molecule has 2 heteroatoms. The summed E-state index contributed by atoms with van der Waals surface area (Å²) in [5.41, 5.74) is 0.840. The minimum absolute atomic E-state index is 0.440. The van der Waals surface area contributed by atoms with Crippen LogP contribution in [0.1, 0.15) is 45.4 Å². The molecule has 0 N–H and O–H groups in total. The maximum atomic E-state index is 10.9. The summed E-state index contributed by atoms with van der Waals surface area (Å²) in [4.78, 5) is 10.9. The van der Waals surface area contributed by atoms with Crippen LogP contribution in [0.4, 0.5) is 0 Å². The standard InChI is InChI=1S/C13H22O2/c1-3-4-11-5-7-12(8-6-11)13(9-14)10-15-2/h9-12H,3-8H2,1-2H3. The summed E-state index contributed by atoms with van der Waals surface area (Å²) < 4.78 is 4.93. The molecule has 0 atom stereocenters. The molecule has 2 nitrogen and oxygen atoms in total. The molecule has 0 aromatic carbocycles. The molecule has 0 heterocycles. The van der Waals surface area contributed by atoms with Crippen molar-refractivity contribution in [3.8, 4) is 0 Å². The normalized spacial score (nSPS) is 27.5. The van der Waals surface area contributed by atoms with Gasteiger partial charge in [-0.2, -0.15) is 0 Å². The van der Waals surface area contributed by atoms with Gasteiger partial charge in [0.15, 0.2) is 0 Å². The van der Waals surface area contributed by atoms with Crippen molar-refractivity contribution in [1.29, 1.82) is 0 Å². The van der Waals surface area contributed by atoms with Crippen LogP contribution < -0.4 is 0 Å². The number of hydrogen-bond acceptors (Lipinski definition) is 2. The van der Waals surface area contributed by atoms with Gasteiger partial charge >= 0.3 is 0 Å². The monoisotopic (exact) mass is 210 g/mol. The summed E-state index contributed by atoms with van der Waals surface area (Å²) in [6.07, 6.45) is 10.0. The van der Waals surface area contributed by atoms with E-state index >= 15 is 0 Å². The Morgan fingerprint density at radius 2 is 2.00 bits per heavy atom. The third kappa shape index (κ3) is 3.69. The zero-order valence-electron chi connectivity index (χ0n) is 9.87. The summed E-state index contributed by atoms with van der Waals surface area (Å²) in [7, 11) is 1.60. The van der Waals surface area contributed by atoms with E-state index in [0.29, 0.717) is 5.92 Å². The van der Waals surface area contributed by atoms with Gasteiger partial charge in [-0.3, -0.25) is 4.79 Å². The molecule has 0 aromatic rings. The Morgan fingerprint density at radius 1 is 1.33 bits per heavy atom. The van der Waals surface area contributed by atoms with Crippen LogP contribution in [0.3, 0.4) is 0 Å². The predicted octanol–water partition coefficient (Wildman–Crippen LogP) is 3.32. The summed E-state index contributed by atoms with van der Waals surface area (Å²) in [6, 6.07) is 0. The highest BCUT2D eigenvalue weighted by atomic mass is 16.5. The van der Waals surface area contributed by atoms with E-state index in [1.807, 2.05) is 0 Å². The second-order valence-electron chi connectivity index (χ2n) is 4.48. The van der Waals surface area contributed by atoms with E-state index in [0.717, 1.165) is 30.6 Å². The number of carbonyl (C=O) groups is 1. The van der Waals surface area contributed by atoms with Crippen molar-refractivity contribution < 1.29 is 9.53 Å². The van der Waals surface area contributed by atoms with Gasteiger partial charge in [0.25, 0.3) is 0 Å². The van der Waals surface area contributed by atoms with Crippen molar-refractivity contribution in [2.75, 3.05) is 7.11 Å². The lowest BCUT2D eigenvalue weighted by Crippen LogP contribution is -2.16. The Balaban J connectivity index is 2.42. The molecule has 0 spiro atoms. The van der Waals surface area contributed by atoms with Crippen LogP contribution >= 0.6 is 0 Å². The van der Waals surface area contributed by atoms with Crippen molar-refractivity contribution >= 4 is 6.29 Å². The number of ether oxygens (including phenoxy) is 1. The first-order valence-electron chi connectivity index (χ1n) is 5.99. The SMILES string of the molecule is CCCC1CCC(C(C=O)=COC)CC1. The number of carbonyl (C=O) groups excluding carboxylic acids is 1. The number of allylic oxidation sites excluding steroid dienone is 1. The van der Waals surface area contributed by atoms with Crippen LogP contribution in [0, 0.1) is 11.8 Å². The lowest BCUT2D eigenvalue weighted by molar-refractivity contribution is -0.105. The smallest absolute Gasteiger partial charge is 0.149 e. The molecule has 15 heavy (non-hydrogen) atoms. The van der Waals surface area contributed by atoms with E-state index in [1.165, 1.54) is 25.7 Å². The van der Waals surface area contributed by atoms with Gasteiger partial charge in [-0.25, -0.2) is 0 Å². The van der Waals surface area contributed by atoms with Gasteiger partial charge in [0, 0.05) is 5.57 Å². The average molecular weight is 210 g/mol. The molecule has 0 aliphatic heterocycles. The minimum atomic E-state index is 0.440. The van der Waals surface area contributed by atoms with Crippen LogP contribution in [-0.2, 0) is 9.53 Å². The van der Waals surface area contributed by atoms with Gasteiger partial charge < -0.3 is 4.74 Å². The lowest BCUT2D eigenvalue weighted by atomic mass is 9.77. The van der Waals surface area contributed by atoms with E-state index < -0.39 is 0 Å². The van der Waals surface area contributed by atoms with Gasteiger partial charge in [-0.1, -0.05) is 19.8 Å². The molecule has 1 saturated carbocycles. The number of aldehydes is 1. The summed E-state index contributed by atoms with van der Waals surface area (Å²) in [6.45, 7) is 2.24. The largest absolute Gasteiger partial charge is 0.504 e. The first-order chi connectivity index (χ1) is 7.31.